The predicted octanol–water partition coefficient (Wildman–Crippen LogP) is 3.51. The summed E-state index contributed by atoms with van der Waals surface area (Å²) in [5.74, 6) is 1.71. The van der Waals surface area contributed by atoms with E-state index in [4.69, 9.17) is 0 Å². The van der Waals surface area contributed by atoms with Crippen molar-refractivity contribution in [2.45, 2.75) is 39.5 Å². The average Bonchev–Trinajstić information content (AvgIpc) is 2.18. The molecule has 1 aliphatic rings. The molecule has 0 saturated carbocycles. The Balaban J connectivity index is 2.52. The second kappa shape index (κ2) is 5.14. The van der Waals surface area contributed by atoms with Crippen LogP contribution in [-0.2, 0) is 4.79 Å². The topological polar surface area (TPSA) is 17.1 Å². The van der Waals surface area contributed by atoms with Crippen LogP contribution >= 0.6 is 0 Å². The third-order valence-corrected chi connectivity index (χ3v) is 3.18. The van der Waals surface area contributed by atoms with Crippen molar-refractivity contribution in [1.82, 2.24) is 0 Å². The summed E-state index contributed by atoms with van der Waals surface area (Å²) in [5, 5.41) is 0. The number of carbonyl (C=O) groups excluding carboxylic acids is 1. The van der Waals surface area contributed by atoms with Crippen molar-refractivity contribution in [3.63, 3.8) is 0 Å². The molecule has 0 spiro atoms. The number of rotatable bonds is 4. The van der Waals surface area contributed by atoms with Crippen molar-refractivity contribution in [3.8, 4) is 0 Å². The van der Waals surface area contributed by atoms with Crippen molar-refractivity contribution in [3.05, 3.63) is 24.3 Å². The fraction of sp³-hybridized carbons (Fsp3) is 0.615. The molecule has 1 aliphatic carbocycles. The van der Waals surface area contributed by atoms with Gasteiger partial charge in [0, 0.05) is 6.42 Å². The summed E-state index contributed by atoms with van der Waals surface area (Å²) in [5.41, 5.74) is 1.05. The van der Waals surface area contributed by atoms with E-state index in [1.54, 1.807) is 0 Å². The van der Waals surface area contributed by atoms with Crippen molar-refractivity contribution in [2.75, 3.05) is 0 Å². The molecule has 0 radical (unpaired) electrons. The van der Waals surface area contributed by atoms with Gasteiger partial charge < -0.3 is 0 Å². The van der Waals surface area contributed by atoms with Crippen molar-refractivity contribution in [2.24, 2.45) is 11.8 Å². The summed E-state index contributed by atoms with van der Waals surface area (Å²) in [6, 6.07) is 0. The van der Waals surface area contributed by atoms with E-state index in [0.717, 1.165) is 30.8 Å². The minimum Gasteiger partial charge on any atom is -0.295 e. The Morgan fingerprint density at radius 1 is 1.57 bits per heavy atom. The van der Waals surface area contributed by atoms with E-state index < -0.39 is 0 Å². The smallest absolute Gasteiger partial charge is 0.158 e. The number of allylic oxidation sites excluding steroid dienone is 3. The van der Waals surface area contributed by atoms with Crippen LogP contribution < -0.4 is 0 Å². The first-order valence-electron chi connectivity index (χ1n) is 5.48. The van der Waals surface area contributed by atoms with Crippen LogP contribution in [0, 0.1) is 11.8 Å². The molecule has 1 rings (SSSR count). The minimum absolute atomic E-state index is 0.323. The molecule has 0 aromatic rings. The molecule has 1 nitrogen and oxygen atoms in total. The van der Waals surface area contributed by atoms with E-state index in [-0.39, 0.29) is 0 Å². The first-order chi connectivity index (χ1) is 6.65. The molecule has 14 heavy (non-hydrogen) atoms. The second-order valence-corrected chi connectivity index (χ2v) is 4.37. The van der Waals surface area contributed by atoms with Crippen molar-refractivity contribution >= 4 is 5.78 Å². The van der Waals surface area contributed by atoms with Gasteiger partial charge in [0.15, 0.2) is 5.78 Å². The van der Waals surface area contributed by atoms with Crippen LogP contribution in [0.2, 0.25) is 0 Å². The van der Waals surface area contributed by atoms with Gasteiger partial charge in [-0.1, -0.05) is 26.0 Å². The summed E-state index contributed by atoms with van der Waals surface area (Å²) in [6.45, 7) is 8.12. The Morgan fingerprint density at radius 2 is 2.29 bits per heavy atom. The van der Waals surface area contributed by atoms with E-state index in [0.29, 0.717) is 18.1 Å². The zero-order chi connectivity index (χ0) is 10.6. The van der Waals surface area contributed by atoms with Crippen LogP contribution in [0.4, 0.5) is 0 Å². The molecular weight excluding hydrogens is 172 g/mol. The van der Waals surface area contributed by atoms with Gasteiger partial charge in [-0.15, -0.1) is 6.58 Å². The molecule has 0 aromatic heterocycles. The third-order valence-electron chi connectivity index (χ3n) is 3.18. The average molecular weight is 192 g/mol. The molecule has 0 N–H and O–H groups in total. The molecule has 0 amide bonds. The van der Waals surface area contributed by atoms with Crippen LogP contribution in [0.25, 0.3) is 0 Å². The van der Waals surface area contributed by atoms with Gasteiger partial charge in [0.25, 0.3) is 0 Å². The molecule has 0 fully saturated rings. The van der Waals surface area contributed by atoms with Crippen LogP contribution in [0.3, 0.4) is 0 Å². The van der Waals surface area contributed by atoms with Gasteiger partial charge in [-0.3, -0.25) is 4.79 Å². The lowest BCUT2D eigenvalue weighted by Gasteiger charge is -2.24. The summed E-state index contributed by atoms with van der Waals surface area (Å²) in [4.78, 5) is 11.7. The highest BCUT2D eigenvalue weighted by Crippen LogP contribution is 2.29. The summed E-state index contributed by atoms with van der Waals surface area (Å²) >= 11 is 0. The van der Waals surface area contributed by atoms with Gasteiger partial charge >= 0.3 is 0 Å². The molecule has 0 bridgehead atoms. The summed E-state index contributed by atoms with van der Waals surface area (Å²) < 4.78 is 0. The third kappa shape index (κ3) is 2.83. The minimum atomic E-state index is 0.323. The molecule has 0 saturated heterocycles. The Hall–Kier alpha value is -0.850. The van der Waals surface area contributed by atoms with Crippen molar-refractivity contribution < 1.29 is 4.79 Å². The zero-order valence-corrected chi connectivity index (χ0v) is 9.25. The number of ketones is 1. The Labute approximate surface area is 86.9 Å². The standard InChI is InChI=1S/C13H20O/c1-4-5-6-13(14)12-8-7-10(2)11(3)9-12/h4,8,10-11H,1,5-7,9H2,2-3H3/t10-,11+/m0/s1. The molecule has 78 valence electrons. The van der Waals surface area contributed by atoms with Crippen molar-refractivity contribution in [1.29, 1.82) is 0 Å². The molecule has 0 aromatic carbocycles. The van der Waals surface area contributed by atoms with Crippen LogP contribution in [0.1, 0.15) is 39.5 Å². The molecule has 0 heterocycles. The number of hydrogen-bond acceptors (Lipinski definition) is 1. The van der Waals surface area contributed by atoms with E-state index in [9.17, 15) is 4.79 Å². The maximum Gasteiger partial charge on any atom is 0.158 e. The first kappa shape index (κ1) is 11.2. The molecule has 0 aliphatic heterocycles. The normalized spacial score (nSPS) is 26.9. The summed E-state index contributed by atoms with van der Waals surface area (Å²) in [6.07, 6.45) is 7.42. The quantitative estimate of drug-likeness (QED) is 0.623. The fourth-order valence-corrected chi connectivity index (χ4v) is 1.81. The second-order valence-electron chi connectivity index (χ2n) is 4.37. The maximum atomic E-state index is 11.7. The first-order valence-corrected chi connectivity index (χ1v) is 5.48. The van der Waals surface area contributed by atoms with Gasteiger partial charge in [0.05, 0.1) is 0 Å². The lowest BCUT2D eigenvalue weighted by atomic mass is 9.80. The van der Waals surface area contributed by atoms with Gasteiger partial charge in [-0.05, 0) is 36.7 Å². The summed E-state index contributed by atoms with van der Waals surface area (Å²) in [7, 11) is 0. The lowest BCUT2D eigenvalue weighted by molar-refractivity contribution is -0.115. The Bertz CT molecular complexity index is 250. The fourth-order valence-electron chi connectivity index (χ4n) is 1.81. The SMILES string of the molecule is C=CCCC(=O)C1=CC[C@H](C)[C@H](C)C1. The van der Waals surface area contributed by atoms with Crippen LogP contribution in [0.15, 0.2) is 24.3 Å². The Morgan fingerprint density at radius 3 is 2.86 bits per heavy atom. The highest BCUT2D eigenvalue weighted by molar-refractivity contribution is 5.95. The van der Waals surface area contributed by atoms with Crippen LogP contribution in [0.5, 0.6) is 0 Å². The van der Waals surface area contributed by atoms with E-state index >= 15 is 0 Å². The lowest BCUT2D eigenvalue weighted by Crippen LogP contribution is -2.17. The predicted molar refractivity (Wildman–Crippen MR) is 60.1 cm³/mol. The zero-order valence-electron chi connectivity index (χ0n) is 9.25. The van der Waals surface area contributed by atoms with Crippen LogP contribution in [-0.4, -0.2) is 5.78 Å². The highest BCUT2D eigenvalue weighted by Gasteiger charge is 2.21. The monoisotopic (exact) mass is 192 g/mol. The van der Waals surface area contributed by atoms with Gasteiger partial charge in [0.2, 0.25) is 0 Å². The van der Waals surface area contributed by atoms with E-state index in [2.05, 4.69) is 26.5 Å². The molecule has 1 heteroatoms. The molecular formula is C13H20O. The number of hydrogen-bond donors (Lipinski definition) is 0. The van der Waals surface area contributed by atoms with Gasteiger partial charge in [-0.2, -0.15) is 0 Å². The van der Waals surface area contributed by atoms with Gasteiger partial charge in [-0.25, -0.2) is 0 Å². The molecule has 2 atom stereocenters. The van der Waals surface area contributed by atoms with E-state index in [1.165, 1.54) is 0 Å². The number of carbonyl (C=O) groups is 1. The molecule has 0 unspecified atom stereocenters. The number of Topliss-reactive ketones (excluding diaryl/α,β-unsaturated/α-hetero) is 1. The maximum absolute atomic E-state index is 11.7. The van der Waals surface area contributed by atoms with E-state index in [1.807, 2.05) is 6.08 Å². The largest absolute Gasteiger partial charge is 0.295 e. The Kier molecular flexibility index (Phi) is 4.12. The van der Waals surface area contributed by atoms with Gasteiger partial charge in [0.1, 0.15) is 0 Å². The highest BCUT2D eigenvalue weighted by atomic mass is 16.1.